The summed E-state index contributed by atoms with van der Waals surface area (Å²) < 4.78 is 32.6. The molecule has 0 saturated carbocycles. The van der Waals surface area contributed by atoms with Crippen molar-refractivity contribution in [2.45, 2.75) is 6.92 Å². The number of carboxylic acids is 1. The normalized spacial score (nSPS) is 11.5. The molecule has 0 aromatic heterocycles. The SMILES string of the molecule is CCS(=O)(=O)Oc1ccc(C=CC(=O)O)cc1OC. The molecule has 0 spiro atoms. The van der Waals surface area contributed by atoms with Crippen LogP contribution in [0.15, 0.2) is 24.3 Å². The number of rotatable bonds is 6. The second kappa shape index (κ2) is 6.24. The maximum Gasteiger partial charge on any atom is 0.328 e. The summed E-state index contributed by atoms with van der Waals surface area (Å²) in [5.41, 5.74) is 0.556. The van der Waals surface area contributed by atoms with Gasteiger partial charge >= 0.3 is 16.1 Å². The predicted octanol–water partition coefficient (Wildman–Crippen LogP) is 1.52. The Labute approximate surface area is 111 Å². The van der Waals surface area contributed by atoms with Gasteiger partial charge in [0, 0.05) is 6.08 Å². The average Bonchev–Trinajstić information content (AvgIpc) is 2.37. The molecule has 19 heavy (non-hydrogen) atoms. The second-order valence-corrected chi connectivity index (χ2v) is 5.37. The third-order valence-electron chi connectivity index (χ3n) is 2.18. The fourth-order valence-electron chi connectivity index (χ4n) is 1.22. The van der Waals surface area contributed by atoms with Crippen LogP contribution in [0, 0.1) is 0 Å². The van der Waals surface area contributed by atoms with Gasteiger partial charge in [-0.15, -0.1) is 0 Å². The predicted molar refractivity (Wildman–Crippen MR) is 69.8 cm³/mol. The molecule has 0 bridgehead atoms. The molecular weight excluding hydrogens is 272 g/mol. The van der Waals surface area contributed by atoms with Gasteiger partial charge in [-0.3, -0.25) is 0 Å². The van der Waals surface area contributed by atoms with Crippen molar-refractivity contribution in [3.8, 4) is 11.5 Å². The zero-order valence-corrected chi connectivity index (χ0v) is 11.3. The third-order valence-corrected chi connectivity index (χ3v) is 3.32. The topological polar surface area (TPSA) is 89.9 Å². The van der Waals surface area contributed by atoms with Crippen LogP contribution in [0.4, 0.5) is 0 Å². The van der Waals surface area contributed by atoms with Crippen LogP contribution in [0.2, 0.25) is 0 Å². The number of hydrogen-bond acceptors (Lipinski definition) is 5. The molecule has 0 fully saturated rings. The van der Waals surface area contributed by atoms with Crippen LogP contribution in [0.1, 0.15) is 12.5 Å². The van der Waals surface area contributed by atoms with Crippen molar-refractivity contribution in [2.75, 3.05) is 12.9 Å². The molecule has 6 nitrogen and oxygen atoms in total. The quantitative estimate of drug-likeness (QED) is 0.630. The minimum absolute atomic E-state index is 0.0665. The van der Waals surface area contributed by atoms with Crippen LogP contribution < -0.4 is 8.92 Å². The number of carbonyl (C=O) groups is 1. The molecule has 0 aliphatic carbocycles. The van der Waals surface area contributed by atoms with E-state index in [1.165, 1.54) is 38.3 Å². The highest BCUT2D eigenvalue weighted by Crippen LogP contribution is 2.29. The first kappa shape index (κ1) is 15.0. The molecule has 0 atom stereocenters. The highest BCUT2D eigenvalue weighted by molar-refractivity contribution is 7.87. The maximum atomic E-state index is 11.4. The monoisotopic (exact) mass is 286 g/mol. The number of hydrogen-bond donors (Lipinski definition) is 1. The van der Waals surface area contributed by atoms with Gasteiger partial charge in [0.25, 0.3) is 0 Å². The van der Waals surface area contributed by atoms with Gasteiger partial charge in [-0.05, 0) is 30.7 Å². The first-order valence-corrected chi connectivity index (χ1v) is 6.97. The Morgan fingerprint density at radius 3 is 2.58 bits per heavy atom. The van der Waals surface area contributed by atoms with Crippen molar-refractivity contribution in [1.82, 2.24) is 0 Å². The van der Waals surface area contributed by atoms with E-state index in [2.05, 4.69) is 0 Å². The number of ether oxygens (including phenoxy) is 1. The van der Waals surface area contributed by atoms with Crippen LogP contribution >= 0.6 is 0 Å². The van der Waals surface area contributed by atoms with E-state index in [0.29, 0.717) is 5.56 Å². The Balaban J connectivity index is 3.06. The molecular formula is C12H14O6S. The van der Waals surface area contributed by atoms with Crippen molar-refractivity contribution in [1.29, 1.82) is 0 Å². The molecule has 1 aromatic carbocycles. The Morgan fingerprint density at radius 1 is 1.37 bits per heavy atom. The first-order chi connectivity index (χ1) is 8.88. The third kappa shape index (κ3) is 4.63. The smallest absolute Gasteiger partial charge is 0.328 e. The van der Waals surface area contributed by atoms with Crippen molar-refractivity contribution < 1.29 is 27.2 Å². The van der Waals surface area contributed by atoms with Gasteiger partial charge in [0.2, 0.25) is 0 Å². The fraction of sp³-hybridized carbons (Fsp3) is 0.250. The molecule has 1 aromatic rings. The number of methoxy groups -OCH3 is 1. The molecule has 104 valence electrons. The lowest BCUT2D eigenvalue weighted by molar-refractivity contribution is -0.131. The highest BCUT2D eigenvalue weighted by atomic mass is 32.2. The van der Waals surface area contributed by atoms with Gasteiger partial charge in [0.15, 0.2) is 11.5 Å². The average molecular weight is 286 g/mol. The van der Waals surface area contributed by atoms with E-state index >= 15 is 0 Å². The fourth-order valence-corrected chi connectivity index (χ4v) is 1.75. The van der Waals surface area contributed by atoms with Gasteiger partial charge in [-0.2, -0.15) is 8.42 Å². The molecule has 0 aliphatic rings. The van der Waals surface area contributed by atoms with Crippen molar-refractivity contribution >= 4 is 22.2 Å². The standard InChI is InChI=1S/C12H14O6S/c1-3-19(15,16)18-10-6-4-9(5-7-12(13)14)8-11(10)17-2/h4-8H,3H2,1-2H3,(H,13,14). The molecule has 0 aliphatic heterocycles. The molecule has 0 amide bonds. The molecule has 1 rings (SSSR count). The van der Waals surface area contributed by atoms with E-state index in [1.807, 2.05) is 0 Å². The lowest BCUT2D eigenvalue weighted by atomic mass is 10.2. The van der Waals surface area contributed by atoms with Gasteiger partial charge < -0.3 is 14.0 Å². The Bertz CT molecular complexity index is 588. The van der Waals surface area contributed by atoms with Crippen LogP contribution in [-0.2, 0) is 14.9 Å². The summed E-state index contributed by atoms with van der Waals surface area (Å²) in [6, 6.07) is 4.43. The Hall–Kier alpha value is -2.02. The first-order valence-electron chi connectivity index (χ1n) is 5.39. The van der Waals surface area contributed by atoms with E-state index in [4.69, 9.17) is 14.0 Å². The zero-order chi connectivity index (χ0) is 14.5. The summed E-state index contributed by atoms with van der Waals surface area (Å²) in [4.78, 5) is 10.4. The Kier molecular flexibility index (Phi) is 4.94. The van der Waals surface area contributed by atoms with Crippen molar-refractivity contribution in [3.63, 3.8) is 0 Å². The number of benzene rings is 1. The minimum atomic E-state index is -3.64. The molecule has 0 saturated heterocycles. The number of carboxylic acid groups (broad SMARTS) is 1. The van der Waals surface area contributed by atoms with Crippen LogP contribution in [0.25, 0.3) is 6.08 Å². The molecule has 0 unspecified atom stereocenters. The van der Waals surface area contributed by atoms with E-state index in [0.717, 1.165) is 6.08 Å². The van der Waals surface area contributed by atoms with Gasteiger partial charge in [0.1, 0.15) is 0 Å². The van der Waals surface area contributed by atoms with Crippen molar-refractivity contribution in [2.24, 2.45) is 0 Å². The summed E-state index contributed by atoms with van der Waals surface area (Å²) >= 11 is 0. The molecule has 1 N–H and O–H groups in total. The lowest BCUT2D eigenvalue weighted by Gasteiger charge is -2.10. The molecule has 7 heteroatoms. The zero-order valence-electron chi connectivity index (χ0n) is 10.5. The summed E-state index contributed by atoms with van der Waals surface area (Å²) in [5, 5.41) is 8.52. The van der Waals surface area contributed by atoms with Crippen LogP contribution in [-0.4, -0.2) is 32.4 Å². The van der Waals surface area contributed by atoms with Gasteiger partial charge in [-0.1, -0.05) is 6.07 Å². The summed E-state index contributed by atoms with van der Waals surface area (Å²) in [6.45, 7) is 1.46. The van der Waals surface area contributed by atoms with Crippen LogP contribution in [0.3, 0.4) is 0 Å². The van der Waals surface area contributed by atoms with Crippen LogP contribution in [0.5, 0.6) is 11.5 Å². The lowest BCUT2D eigenvalue weighted by Crippen LogP contribution is -2.12. The van der Waals surface area contributed by atoms with Gasteiger partial charge in [0.05, 0.1) is 12.9 Å². The van der Waals surface area contributed by atoms with Gasteiger partial charge in [-0.25, -0.2) is 4.79 Å². The van der Waals surface area contributed by atoms with Crippen molar-refractivity contribution in [3.05, 3.63) is 29.8 Å². The summed E-state index contributed by atoms with van der Waals surface area (Å²) in [6.07, 6.45) is 2.33. The van der Waals surface area contributed by atoms with E-state index in [1.54, 1.807) is 0 Å². The summed E-state index contributed by atoms with van der Waals surface area (Å²) in [5.74, 6) is -0.953. The number of aliphatic carboxylic acids is 1. The Morgan fingerprint density at radius 2 is 2.05 bits per heavy atom. The largest absolute Gasteiger partial charge is 0.493 e. The molecule has 0 radical (unpaired) electrons. The van der Waals surface area contributed by atoms with E-state index in [-0.39, 0.29) is 17.3 Å². The molecule has 0 heterocycles. The van der Waals surface area contributed by atoms with E-state index < -0.39 is 16.1 Å². The maximum absolute atomic E-state index is 11.4. The minimum Gasteiger partial charge on any atom is -0.493 e. The highest BCUT2D eigenvalue weighted by Gasteiger charge is 2.13. The second-order valence-electron chi connectivity index (χ2n) is 3.51. The summed E-state index contributed by atoms with van der Waals surface area (Å²) in [7, 11) is -2.27. The van der Waals surface area contributed by atoms with E-state index in [9.17, 15) is 13.2 Å².